The Morgan fingerprint density at radius 1 is 1.73 bits per heavy atom. The molecule has 1 aliphatic heterocycles. The SMILES string of the molecule is OC(CNC1COC1)COc1cnsn1. The minimum Gasteiger partial charge on any atom is -0.473 e. The van der Waals surface area contributed by atoms with E-state index in [-0.39, 0.29) is 6.61 Å². The Bertz CT molecular complexity index is 279. The predicted molar refractivity (Wildman–Crippen MR) is 54.0 cm³/mol. The van der Waals surface area contributed by atoms with Gasteiger partial charge < -0.3 is 19.9 Å². The van der Waals surface area contributed by atoms with Gasteiger partial charge in [0.25, 0.3) is 0 Å². The van der Waals surface area contributed by atoms with E-state index in [0.717, 1.165) is 24.9 Å². The molecule has 0 aliphatic carbocycles. The second-order valence-electron chi connectivity index (χ2n) is 3.35. The molecule has 2 N–H and O–H groups in total. The Balaban J connectivity index is 1.57. The van der Waals surface area contributed by atoms with Gasteiger partial charge >= 0.3 is 0 Å². The van der Waals surface area contributed by atoms with E-state index in [2.05, 4.69) is 14.1 Å². The topological polar surface area (TPSA) is 76.5 Å². The number of aliphatic hydroxyl groups is 1. The van der Waals surface area contributed by atoms with E-state index < -0.39 is 6.10 Å². The summed E-state index contributed by atoms with van der Waals surface area (Å²) in [6.45, 7) is 2.19. The highest BCUT2D eigenvalue weighted by Gasteiger charge is 2.18. The van der Waals surface area contributed by atoms with Gasteiger partial charge in [0.2, 0.25) is 5.88 Å². The first kappa shape index (κ1) is 10.7. The van der Waals surface area contributed by atoms with Crippen LogP contribution in [0.1, 0.15) is 0 Å². The highest BCUT2D eigenvalue weighted by Crippen LogP contribution is 2.05. The van der Waals surface area contributed by atoms with Crippen LogP contribution in [0.5, 0.6) is 5.88 Å². The largest absolute Gasteiger partial charge is 0.473 e. The van der Waals surface area contributed by atoms with Crippen molar-refractivity contribution in [2.75, 3.05) is 26.4 Å². The lowest BCUT2D eigenvalue weighted by Gasteiger charge is -2.27. The second kappa shape index (κ2) is 5.36. The smallest absolute Gasteiger partial charge is 0.245 e. The summed E-state index contributed by atoms with van der Waals surface area (Å²) < 4.78 is 17.9. The highest BCUT2D eigenvalue weighted by atomic mass is 32.1. The maximum absolute atomic E-state index is 9.54. The van der Waals surface area contributed by atoms with Crippen molar-refractivity contribution in [2.24, 2.45) is 0 Å². The monoisotopic (exact) mass is 231 g/mol. The zero-order valence-electron chi connectivity index (χ0n) is 8.13. The highest BCUT2D eigenvalue weighted by molar-refractivity contribution is 6.99. The van der Waals surface area contributed by atoms with Gasteiger partial charge in [-0.2, -0.15) is 4.37 Å². The van der Waals surface area contributed by atoms with E-state index in [0.29, 0.717) is 18.5 Å². The van der Waals surface area contributed by atoms with E-state index in [1.165, 1.54) is 6.20 Å². The van der Waals surface area contributed by atoms with Crippen LogP contribution in [0.2, 0.25) is 0 Å². The minimum absolute atomic E-state index is 0.228. The van der Waals surface area contributed by atoms with Crippen molar-refractivity contribution in [2.45, 2.75) is 12.1 Å². The van der Waals surface area contributed by atoms with Crippen molar-refractivity contribution < 1.29 is 14.6 Å². The molecule has 1 aliphatic rings. The molecule has 0 spiro atoms. The summed E-state index contributed by atoms with van der Waals surface area (Å²) in [6.07, 6.45) is 0.997. The summed E-state index contributed by atoms with van der Waals surface area (Å²) in [4.78, 5) is 0. The van der Waals surface area contributed by atoms with Gasteiger partial charge in [-0.15, -0.1) is 4.37 Å². The van der Waals surface area contributed by atoms with Crippen molar-refractivity contribution in [1.82, 2.24) is 14.1 Å². The Morgan fingerprint density at radius 3 is 3.20 bits per heavy atom. The van der Waals surface area contributed by atoms with E-state index in [1.54, 1.807) is 0 Å². The molecule has 7 heteroatoms. The van der Waals surface area contributed by atoms with Crippen molar-refractivity contribution in [3.8, 4) is 5.88 Å². The number of nitrogens with zero attached hydrogens (tertiary/aromatic N) is 2. The van der Waals surface area contributed by atoms with Gasteiger partial charge in [-0.25, -0.2) is 0 Å². The average Bonchev–Trinajstić information content (AvgIpc) is 2.64. The van der Waals surface area contributed by atoms with Crippen LogP contribution in [0.25, 0.3) is 0 Å². The fourth-order valence-electron chi connectivity index (χ4n) is 1.12. The summed E-state index contributed by atoms with van der Waals surface area (Å²) in [5.41, 5.74) is 0. The molecular formula is C8H13N3O3S. The number of aromatic nitrogens is 2. The number of aliphatic hydroxyl groups excluding tert-OH is 1. The molecule has 84 valence electrons. The molecule has 2 heterocycles. The lowest BCUT2D eigenvalue weighted by Crippen LogP contribution is -2.49. The van der Waals surface area contributed by atoms with E-state index in [9.17, 15) is 5.11 Å². The van der Waals surface area contributed by atoms with Gasteiger partial charge in [-0.1, -0.05) is 0 Å². The van der Waals surface area contributed by atoms with Crippen LogP contribution in [0, 0.1) is 0 Å². The second-order valence-corrected chi connectivity index (χ2v) is 3.91. The van der Waals surface area contributed by atoms with Crippen LogP contribution in [-0.2, 0) is 4.74 Å². The van der Waals surface area contributed by atoms with Crippen molar-refractivity contribution in [1.29, 1.82) is 0 Å². The number of rotatable bonds is 6. The fraction of sp³-hybridized carbons (Fsp3) is 0.750. The molecule has 0 aromatic carbocycles. The molecule has 1 saturated heterocycles. The number of hydrogen-bond donors (Lipinski definition) is 2. The van der Waals surface area contributed by atoms with E-state index >= 15 is 0 Å². The third-order valence-corrected chi connectivity index (χ3v) is 2.51. The van der Waals surface area contributed by atoms with Gasteiger partial charge in [0.05, 0.1) is 31.0 Å². The molecule has 1 fully saturated rings. The Labute approximate surface area is 91.5 Å². The first-order valence-electron chi connectivity index (χ1n) is 4.74. The van der Waals surface area contributed by atoms with Gasteiger partial charge in [0.15, 0.2) is 0 Å². The predicted octanol–water partition coefficient (Wildman–Crippen LogP) is -0.734. The lowest BCUT2D eigenvalue weighted by molar-refractivity contribution is -0.0119. The molecule has 2 rings (SSSR count). The van der Waals surface area contributed by atoms with E-state index in [4.69, 9.17) is 9.47 Å². The summed E-state index contributed by atoms with van der Waals surface area (Å²) in [7, 11) is 0. The van der Waals surface area contributed by atoms with Crippen molar-refractivity contribution in [3.63, 3.8) is 0 Å². The first-order valence-corrected chi connectivity index (χ1v) is 5.47. The lowest BCUT2D eigenvalue weighted by atomic mass is 10.2. The average molecular weight is 231 g/mol. The van der Waals surface area contributed by atoms with E-state index in [1.807, 2.05) is 0 Å². The summed E-state index contributed by atoms with van der Waals surface area (Å²) in [5, 5.41) is 12.7. The van der Waals surface area contributed by atoms with Crippen LogP contribution in [0.4, 0.5) is 0 Å². The summed E-state index contributed by atoms with van der Waals surface area (Å²) in [6, 6.07) is 0.376. The Morgan fingerprint density at radius 2 is 2.60 bits per heavy atom. The van der Waals surface area contributed by atoms with Gasteiger partial charge in [0, 0.05) is 6.54 Å². The van der Waals surface area contributed by atoms with Crippen LogP contribution >= 0.6 is 11.7 Å². The molecule has 1 unspecified atom stereocenters. The van der Waals surface area contributed by atoms with Gasteiger partial charge in [-0.3, -0.25) is 0 Å². The van der Waals surface area contributed by atoms with Crippen LogP contribution in [-0.4, -0.2) is 52.4 Å². The standard InChI is InChI=1S/C8H13N3O3S/c12-7(1-9-6-3-13-4-6)5-14-8-2-10-15-11-8/h2,6-7,9,12H,1,3-5H2. The molecule has 6 nitrogen and oxygen atoms in total. The maximum Gasteiger partial charge on any atom is 0.245 e. The quantitative estimate of drug-likeness (QED) is 0.672. The number of hydrogen-bond acceptors (Lipinski definition) is 7. The van der Waals surface area contributed by atoms with Gasteiger partial charge in [0.1, 0.15) is 18.9 Å². The maximum atomic E-state index is 9.54. The molecule has 1 aromatic heterocycles. The molecule has 0 saturated carbocycles. The van der Waals surface area contributed by atoms with Crippen LogP contribution in [0.3, 0.4) is 0 Å². The first-order chi connectivity index (χ1) is 7.34. The molecule has 1 aromatic rings. The Kier molecular flexibility index (Phi) is 3.84. The normalized spacial score (nSPS) is 18.5. The molecule has 1 atom stereocenters. The fourth-order valence-corrected chi connectivity index (χ4v) is 1.48. The summed E-state index contributed by atoms with van der Waals surface area (Å²) >= 11 is 1.08. The molecule has 0 bridgehead atoms. The van der Waals surface area contributed by atoms with Crippen molar-refractivity contribution in [3.05, 3.63) is 6.20 Å². The minimum atomic E-state index is -0.535. The van der Waals surface area contributed by atoms with Crippen LogP contribution in [0.15, 0.2) is 6.20 Å². The van der Waals surface area contributed by atoms with Crippen LogP contribution < -0.4 is 10.1 Å². The molecule has 0 radical (unpaired) electrons. The number of ether oxygens (including phenoxy) is 2. The van der Waals surface area contributed by atoms with Gasteiger partial charge in [-0.05, 0) is 0 Å². The molecular weight excluding hydrogens is 218 g/mol. The third-order valence-electron chi connectivity index (χ3n) is 2.04. The molecule has 15 heavy (non-hydrogen) atoms. The molecule has 0 amide bonds. The summed E-state index contributed by atoms with van der Waals surface area (Å²) in [5.74, 6) is 0.464. The zero-order valence-corrected chi connectivity index (χ0v) is 8.94. The zero-order chi connectivity index (χ0) is 10.5. The van der Waals surface area contributed by atoms with Crippen molar-refractivity contribution >= 4 is 11.7 Å². The third kappa shape index (κ3) is 3.38. The Hall–Kier alpha value is -0.760. The number of nitrogens with one attached hydrogen (secondary N) is 1.